The molecular weight excluding hydrogens is 485 g/mol. The molecule has 2 N–H and O–H groups in total. The molecule has 0 amide bonds. The molecule has 1 saturated carbocycles. The Labute approximate surface area is 170 Å². The van der Waals surface area contributed by atoms with Crippen molar-refractivity contribution in [2.24, 2.45) is 10.9 Å². The molecule has 0 heterocycles. The van der Waals surface area contributed by atoms with Crippen molar-refractivity contribution in [2.45, 2.75) is 19.3 Å². The van der Waals surface area contributed by atoms with E-state index >= 15 is 0 Å². The lowest BCUT2D eigenvalue weighted by atomic mass is 10.3. The van der Waals surface area contributed by atoms with E-state index < -0.39 is 0 Å². The molecule has 0 atom stereocenters. The molecule has 5 nitrogen and oxygen atoms in total. The lowest BCUT2D eigenvalue weighted by Gasteiger charge is -2.12. The van der Waals surface area contributed by atoms with E-state index in [2.05, 4.69) is 31.6 Å². The fraction of sp³-hybridized carbons (Fsp3) is 0.588. The number of aliphatic imine (C=N–C) groups is 1. The highest BCUT2D eigenvalue weighted by Crippen LogP contribution is 2.28. The number of guanidine groups is 1. The van der Waals surface area contributed by atoms with Gasteiger partial charge in [0.05, 0.1) is 6.54 Å². The monoisotopic (exact) mass is 511 g/mol. The van der Waals surface area contributed by atoms with Crippen LogP contribution in [0.1, 0.15) is 19.3 Å². The second-order valence-corrected chi connectivity index (χ2v) is 6.52. The van der Waals surface area contributed by atoms with E-state index in [0.29, 0.717) is 13.2 Å². The predicted octanol–water partition coefficient (Wildman–Crippen LogP) is 3.43. The minimum absolute atomic E-state index is 0. The smallest absolute Gasteiger partial charge is 0.191 e. The van der Waals surface area contributed by atoms with Gasteiger partial charge in [0.15, 0.2) is 5.96 Å². The van der Waals surface area contributed by atoms with Crippen LogP contribution in [-0.4, -0.2) is 45.9 Å². The fourth-order valence-electron chi connectivity index (χ4n) is 2.01. The molecule has 1 aliphatic carbocycles. The lowest BCUT2D eigenvalue weighted by molar-refractivity contribution is 0.123. The van der Waals surface area contributed by atoms with E-state index in [9.17, 15) is 0 Å². The predicted molar refractivity (Wildman–Crippen MR) is 113 cm³/mol. The summed E-state index contributed by atoms with van der Waals surface area (Å²) < 4.78 is 12.3. The van der Waals surface area contributed by atoms with E-state index in [4.69, 9.17) is 9.47 Å². The van der Waals surface area contributed by atoms with Crippen molar-refractivity contribution in [2.75, 3.05) is 40.0 Å². The van der Waals surface area contributed by atoms with E-state index in [0.717, 1.165) is 48.3 Å². The number of ether oxygens (including phenoxy) is 2. The maximum Gasteiger partial charge on any atom is 0.191 e. The van der Waals surface area contributed by atoms with Gasteiger partial charge in [-0.05, 0) is 49.4 Å². The van der Waals surface area contributed by atoms with E-state index in [1.165, 1.54) is 12.8 Å². The molecule has 136 valence electrons. The van der Waals surface area contributed by atoms with Gasteiger partial charge in [0.25, 0.3) is 0 Å². The van der Waals surface area contributed by atoms with Crippen molar-refractivity contribution >= 4 is 45.9 Å². The van der Waals surface area contributed by atoms with Crippen molar-refractivity contribution in [3.05, 3.63) is 28.7 Å². The summed E-state index contributed by atoms with van der Waals surface area (Å²) in [4.78, 5) is 4.19. The van der Waals surface area contributed by atoms with Crippen LogP contribution in [0, 0.1) is 5.92 Å². The first-order valence-corrected chi connectivity index (χ1v) is 8.98. The van der Waals surface area contributed by atoms with Gasteiger partial charge < -0.3 is 20.1 Å². The normalized spacial score (nSPS) is 14.0. The number of hydrogen-bond acceptors (Lipinski definition) is 3. The molecular formula is C17H27BrIN3O2. The zero-order valence-corrected chi connectivity index (χ0v) is 18.0. The van der Waals surface area contributed by atoms with Crippen LogP contribution in [0.2, 0.25) is 0 Å². The Morgan fingerprint density at radius 3 is 2.54 bits per heavy atom. The van der Waals surface area contributed by atoms with Crippen LogP contribution in [-0.2, 0) is 4.74 Å². The van der Waals surface area contributed by atoms with Gasteiger partial charge in [-0.1, -0.05) is 15.9 Å². The molecule has 24 heavy (non-hydrogen) atoms. The number of halogens is 2. The van der Waals surface area contributed by atoms with Crippen LogP contribution < -0.4 is 15.4 Å². The summed E-state index contributed by atoms with van der Waals surface area (Å²) in [5.41, 5.74) is 0. The summed E-state index contributed by atoms with van der Waals surface area (Å²) >= 11 is 3.40. The Kier molecular flexibility index (Phi) is 11.4. The largest absolute Gasteiger partial charge is 0.492 e. The van der Waals surface area contributed by atoms with Crippen LogP contribution in [0.4, 0.5) is 0 Å². The summed E-state index contributed by atoms with van der Waals surface area (Å²) in [5.74, 6) is 2.50. The maximum absolute atomic E-state index is 5.66. The van der Waals surface area contributed by atoms with E-state index in [-0.39, 0.29) is 24.0 Å². The van der Waals surface area contributed by atoms with Crippen molar-refractivity contribution in [3.8, 4) is 5.75 Å². The van der Waals surface area contributed by atoms with Gasteiger partial charge in [-0.15, -0.1) is 24.0 Å². The van der Waals surface area contributed by atoms with E-state index in [1.807, 2.05) is 24.3 Å². The van der Waals surface area contributed by atoms with Crippen molar-refractivity contribution in [1.82, 2.24) is 10.6 Å². The van der Waals surface area contributed by atoms with Crippen LogP contribution in [0.5, 0.6) is 5.75 Å². The molecule has 0 saturated heterocycles. The molecule has 0 radical (unpaired) electrons. The summed E-state index contributed by atoms with van der Waals surface area (Å²) in [5, 5.41) is 6.51. The first-order chi connectivity index (χ1) is 11.3. The topological polar surface area (TPSA) is 54.9 Å². The molecule has 0 bridgehead atoms. The number of nitrogens with one attached hydrogen (secondary N) is 2. The van der Waals surface area contributed by atoms with Crippen molar-refractivity contribution < 1.29 is 9.47 Å². The standard InChI is InChI=1S/C17H26BrN3O2.HI/c1-19-17(20-9-2-11-22-13-14-3-4-14)21-10-12-23-16-7-5-15(18)6-8-16;/h5-8,14H,2-4,9-13H2,1H3,(H2,19,20,21);1H. The zero-order chi connectivity index (χ0) is 16.3. The van der Waals surface area contributed by atoms with Crippen LogP contribution >= 0.6 is 39.9 Å². The second-order valence-electron chi connectivity index (χ2n) is 5.60. The molecule has 7 heteroatoms. The molecule has 1 aromatic rings. The third-order valence-corrected chi connectivity index (χ3v) is 4.04. The summed E-state index contributed by atoms with van der Waals surface area (Å²) in [6, 6.07) is 7.82. The lowest BCUT2D eigenvalue weighted by Crippen LogP contribution is -2.39. The third kappa shape index (κ3) is 9.68. The van der Waals surface area contributed by atoms with Crippen molar-refractivity contribution in [3.63, 3.8) is 0 Å². The fourth-order valence-corrected chi connectivity index (χ4v) is 2.27. The molecule has 1 fully saturated rings. The number of hydrogen-bond donors (Lipinski definition) is 2. The SMILES string of the molecule is CN=C(NCCCOCC1CC1)NCCOc1ccc(Br)cc1.I. The average molecular weight is 512 g/mol. The molecule has 0 aliphatic heterocycles. The van der Waals surface area contributed by atoms with Crippen LogP contribution in [0.3, 0.4) is 0 Å². The molecule has 1 aliphatic rings. The van der Waals surface area contributed by atoms with Crippen molar-refractivity contribution in [1.29, 1.82) is 0 Å². The molecule has 0 aromatic heterocycles. The number of benzene rings is 1. The average Bonchev–Trinajstić information content (AvgIpc) is 3.38. The van der Waals surface area contributed by atoms with E-state index in [1.54, 1.807) is 7.05 Å². The van der Waals surface area contributed by atoms with Crippen LogP contribution in [0.25, 0.3) is 0 Å². The Hall–Kier alpha value is -0.540. The first-order valence-electron chi connectivity index (χ1n) is 8.18. The van der Waals surface area contributed by atoms with Gasteiger partial charge >= 0.3 is 0 Å². The Bertz CT molecular complexity index is 481. The van der Waals surface area contributed by atoms with Gasteiger partial charge in [0.2, 0.25) is 0 Å². The van der Waals surface area contributed by atoms with Crippen LogP contribution in [0.15, 0.2) is 33.7 Å². The number of nitrogens with zero attached hydrogens (tertiary/aromatic N) is 1. The third-order valence-electron chi connectivity index (χ3n) is 3.51. The Morgan fingerprint density at radius 2 is 1.88 bits per heavy atom. The molecule has 2 rings (SSSR count). The Balaban J connectivity index is 0.00000288. The summed E-state index contributed by atoms with van der Waals surface area (Å²) in [6.07, 6.45) is 3.68. The summed E-state index contributed by atoms with van der Waals surface area (Å²) in [7, 11) is 1.77. The first kappa shape index (κ1) is 21.5. The summed E-state index contributed by atoms with van der Waals surface area (Å²) in [6.45, 7) is 3.90. The minimum atomic E-state index is 0. The molecule has 1 aromatic carbocycles. The Morgan fingerprint density at radius 1 is 1.17 bits per heavy atom. The highest BCUT2D eigenvalue weighted by molar-refractivity contribution is 14.0. The van der Waals surface area contributed by atoms with Gasteiger partial charge in [-0.3, -0.25) is 4.99 Å². The van der Waals surface area contributed by atoms with Gasteiger partial charge in [-0.2, -0.15) is 0 Å². The quantitative estimate of drug-likeness (QED) is 0.219. The zero-order valence-electron chi connectivity index (χ0n) is 14.1. The highest BCUT2D eigenvalue weighted by atomic mass is 127. The second kappa shape index (κ2) is 12.8. The van der Waals surface area contributed by atoms with Gasteiger partial charge in [0, 0.05) is 31.3 Å². The van der Waals surface area contributed by atoms with Gasteiger partial charge in [0.1, 0.15) is 12.4 Å². The van der Waals surface area contributed by atoms with Gasteiger partial charge in [-0.25, -0.2) is 0 Å². The molecule has 0 unspecified atom stereocenters. The maximum atomic E-state index is 5.66. The minimum Gasteiger partial charge on any atom is -0.492 e. The molecule has 0 spiro atoms. The number of rotatable bonds is 10. The highest BCUT2D eigenvalue weighted by Gasteiger charge is 2.20.